The highest BCUT2D eigenvalue weighted by Gasteiger charge is 2.25. The van der Waals surface area contributed by atoms with Crippen LogP contribution in [0.2, 0.25) is 0 Å². The minimum Gasteiger partial charge on any atom is -0.349 e. The van der Waals surface area contributed by atoms with Gasteiger partial charge in [-0.2, -0.15) is 0 Å². The van der Waals surface area contributed by atoms with Gasteiger partial charge in [0, 0.05) is 30.9 Å². The average Bonchev–Trinajstić information content (AvgIpc) is 2.68. The first-order valence-corrected chi connectivity index (χ1v) is 9.46. The van der Waals surface area contributed by atoms with Gasteiger partial charge < -0.3 is 10.2 Å². The van der Waals surface area contributed by atoms with E-state index in [2.05, 4.69) is 31.1 Å². The van der Waals surface area contributed by atoms with Crippen LogP contribution in [0.25, 0.3) is 0 Å². The second-order valence-electron chi connectivity index (χ2n) is 8.08. The maximum absolute atomic E-state index is 12.5. The standard InChI is InChI=1S/C22H27N3O2/c1-22(2,3)17-9-7-16(8-10-17)20(26)24-18-11-14-25(15-12-18)21(27)19-6-4-5-13-23-19/h4-10,13,18H,11-12,14-15H2,1-3H3,(H,24,26). The van der Waals surface area contributed by atoms with Crippen LogP contribution in [0, 0.1) is 0 Å². The summed E-state index contributed by atoms with van der Waals surface area (Å²) in [6.45, 7) is 7.72. The molecule has 1 saturated heterocycles. The van der Waals surface area contributed by atoms with Crippen LogP contribution in [-0.4, -0.2) is 40.8 Å². The Morgan fingerprint density at radius 2 is 1.70 bits per heavy atom. The zero-order valence-electron chi connectivity index (χ0n) is 16.2. The summed E-state index contributed by atoms with van der Waals surface area (Å²) in [7, 11) is 0. The molecular weight excluding hydrogens is 338 g/mol. The highest BCUT2D eigenvalue weighted by atomic mass is 16.2. The highest BCUT2D eigenvalue weighted by Crippen LogP contribution is 2.22. The fourth-order valence-electron chi connectivity index (χ4n) is 3.27. The molecule has 2 aromatic rings. The molecule has 1 aliphatic heterocycles. The first-order chi connectivity index (χ1) is 12.8. The van der Waals surface area contributed by atoms with Crippen molar-refractivity contribution in [2.75, 3.05) is 13.1 Å². The number of carbonyl (C=O) groups is 2. The van der Waals surface area contributed by atoms with Gasteiger partial charge in [-0.15, -0.1) is 0 Å². The third kappa shape index (κ3) is 4.73. The van der Waals surface area contributed by atoms with Gasteiger partial charge in [0.2, 0.25) is 0 Å². The maximum atomic E-state index is 12.5. The van der Waals surface area contributed by atoms with Crippen molar-refractivity contribution in [1.82, 2.24) is 15.2 Å². The van der Waals surface area contributed by atoms with Crippen LogP contribution in [-0.2, 0) is 5.41 Å². The Hall–Kier alpha value is -2.69. The third-order valence-corrected chi connectivity index (χ3v) is 5.01. The predicted octanol–water partition coefficient (Wildman–Crippen LogP) is 3.41. The van der Waals surface area contributed by atoms with E-state index in [1.165, 1.54) is 5.56 Å². The quantitative estimate of drug-likeness (QED) is 0.907. The number of nitrogens with zero attached hydrogens (tertiary/aromatic N) is 2. The van der Waals surface area contributed by atoms with Crippen molar-refractivity contribution >= 4 is 11.8 Å². The summed E-state index contributed by atoms with van der Waals surface area (Å²) in [5.74, 6) is -0.0943. The van der Waals surface area contributed by atoms with Crippen LogP contribution in [0.1, 0.15) is 60.0 Å². The number of hydrogen-bond acceptors (Lipinski definition) is 3. The van der Waals surface area contributed by atoms with Crippen molar-refractivity contribution in [3.63, 3.8) is 0 Å². The molecule has 2 amide bonds. The second-order valence-corrected chi connectivity index (χ2v) is 8.08. The summed E-state index contributed by atoms with van der Waals surface area (Å²) in [6, 6.07) is 13.2. The average molecular weight is 365 g/mol. The lowest BCUT2D eigenvalue weighted by molar-refractivity contribution is 0.0692. The van der Waals surface area contributed by atoms with Crippen LogP contribution >= 0.6 is 0 Å². The first kappa shape index (κ1) is 19.1. The molecule has 27 heavy (non-hydrogen) atoms. The number of nitrogens with one attached hydrogen (secondary N) is 1. The monoisotopic (exact) mass is 365 g/mol. The summed E-state index contributed by atoms with van der Waals surface area (Å²) in [5.41, 5.74) is 2.43. The van der Waals surface area contributed by atoms with E-state index in [1.54, 1.807) is 18.3 Å². The normalized spacial score (nSPS) is 15.4. The third-order valence-electron chi connectivity index (χ3n) is 5.01. The number of pyridine rings is 1. The molecule has 5 heteroatoms. The molecule has 0 spiro atoms. The van der Waals surface area contributed by atoms with Crippen LogP contribution in [0.4, 0.5) is 0 Å². The van der Waals surface area contributed by atoms with Crippen molar-refractivity contribution < 1.29 is 9.59 Å². The van der Waals surface area contributed by atoms with Crippen molar-refractivity contribution in [3.8, 4) is 0 Å². The molecule has 1 fully saturated rings. The van der Waals surface area contributed by atoms with Gasteiger partial charge in [-0.3, -0.25) is 14.6 Å². The smallest absolute Gasteiger partial charge is 0.272 e. The molecular formula is C22H27N3O2. The lowest BCUT2D eigenvalue weighted by Crippen LogP contribution is -2.46. The number of carbonyl (C=O) groups excluding carboxylic acids is 2. The van der Waals surface area contributed by atoms with Crippen LogP contribution in [0.5, 0.6) is 0 Å². The number of rotatable bonds is 3. The van der Waals surface area contributed by atoms with Gasteiger partial charge in [0.25, 0.3) is 11.8 Å². The molecule has 2 heterocycles. The number of piperidine rings is 1. The number of aromatic nitrogens is 1. The van der Waals surface area contributed by atoms with E-state index in [1.807, 2.05) is 35.2 Å². The van der Waals surface area contributed by atoms with E-state index in [4.69, 9.17) is 0 Å². The zero-order valence-corrected chi connectivity index (χ0v) is 16.2. The Morgan fingerprint density at radius 1 is 1.04 bits per heavy atom. The van der Waals surface area contributed by atoms with Crippen LogP contribution in [0.3, 0.4) is 0 Å². The van der Waals surface area contributed by atoms with Gasteiger partial charge in [-0.1, -0.05) is 39.0 Å². The maximum Gasteiger partial charge on any atom is 0.272 e. The SMILES string of the molecule is CC(C)(C)c1ccc(C(=O)NC2CCN(C(=O)c3ccccn3)CC2)cc1. The van der Waals surface area contributed by atoms with Gasteiger partial charge in [0.15, 0.2) is 0 Å². The summed E-state index contributed by atoms with van der Waals surface area (Å²) in [6.07, 6.45) is 3.14. The molecule has 0 aliphatic carbocycles. The number of amides is 2. The molecule has 1 aromatic heterocycles. The van der Waals surface area contributed by atoms with E-state index < -0.39 is 0 Å². The molecule has 3 rings (SSSR count). The minimum atomic E-state index is -0.0510. The second kappa shape index (κ2) is 7.91. The zero-order chi connectivity index (χ0) is 19.4. The minimum absolute atomic E-state index is 0.0434. The largest absolute Gasteiger partial charge is 0.349 e. The first-order valence-electron chi connectivity index (χ1n) is 9.46. The van der Waals surface area contributed by atoms with Crippen molar-refractivity contribution in [3.05, 3.63) is 65.5 Å². The Morgan fingerprint density at radius 3 is 2.26 bits per heavy atom. The van der Waals surface area contributed by atoms with Gasteiger partial charge in [0.05, 0.1) is 0 Å². The van der Waals surface area contributed by atoms with Gasteiger partial charge in [0.1, 0.15) is 5.69 Å². The summed E-state index contributed by atoms with van der Waals surface area (Å²) in [5, 5.41) is 3.10. The van der Waals surface area contributed by atoms with E-state index >= 15 is 0 Å². The molecule has 0 unspecified atom stereocenters. The number of hydrogen-bond donors (Lipinski definition) is 1. The van der Waals surface area contributed by atoms with Crippen LogP contribution in [0.15, 0.2) is 48.7 Å². The van der Waals surface area contributed by atoms with Gasteiger partial charge >= 0.3 is 0 Å². The molecule has 5 nitrogen and oxygen atoms in total. The fraction of sp³-hybridized carbons (Fsp3) is 0.409. The number of likely N-dealkylation sites (tertiary alicyclic amines) is 1. The van der Waals surface area contributed by atoms with Crippen molar-refractivity contribution in [2.24, 2.45) is 0 Å². The molecule has 1 aliphatic rings. The molecule has 0 saturated carbocycles. The lowest BCUT2D eigenvalue weighted by atomic mass is 9.86. The Labute approximate surface area is 160 Å². The molecule has 1 aromatic carbocycles. The Balaban J connectivity index is 1.53. The fourth-order valence-corrected chi connectivity index (χ4v) is 3.27. The highest BCUT2D eigenvalue weighted by molar-refractivity contribution is 5.94. The molecule has 0 bridgehead atoms. The summed E-state index contributed by atoms with van der Waals surface area (Å²) in [4.78, 5) is 30.9. The molecule has 1 N–H and O–H groups in total. The summed E-state index contributed by atoms with van der Waals surface area (Å²) < 4.78 is 0. The van der Waals surface area contributed by atoms with Gasteiger partial charge in [-0.25, -0.2) is 0 Å². The van der Waals surface area contributed by atoms with E-state index in [-0.39, 0.29) is 23.3 Å². The topological polar surface area (TPSA) is 62.3 Å². The Bertz CT molecular complexity index is 787. The molecule has 142 valence electrons. The van der Waals surface area contributed by atoms with E-state index in [0.29, 0.717) is 24.3 Å². The van der Waals surface area contributed by atoms with Crippen molar-refractivity contribution in [2.45, 2.75) is 45.1 Å². The molecule has 0 radical (unpaired) electrons. The Kier molecular flexibility index (Phi) is 5.59. The van der Waals surface area contributed by atoms with Crippen molar-refractivity contribution in [1.29, 1.82) is 0 Å². The van der Waals surface area contributed by atoms with E-state index in [9.17, 15) is 9.59 Å². The van der Waals surface area contributed by atoms with Crippen LogP contribution < -0.4 is 5.32 Å². The van der Waals surface area contributed by atoms with E-state index in [0.717, 1.165) is 12.8 Å². The molecule has 0 atom stereocenters. The lowest BCUT2D eigenvalue weighted by Gasteiger charge is -2.32. The number of benzene rings is 1. The van der Waals surface area contributed by atoms with Gasteiger partial charge in [-0.05, 0) is 48.1 Å². The predicted molar refractivity (Wildman–Crippen MR) is 106 cm³/mol. The summed E-state index contributed by atoms with van der Waals surface area (Å²) >= 11 is 0.